The Morgan fingerprint density at radius 2 is 1.50 bits per heavy atom. The smallest absolute Gasteiger partial charge is 0.0646 e. The monoisotopic (exact) mass is 645 g/mol. The van der Waals surface area contributed by atoms with E-state index in [9.17, 15) is 0 Å². The zero-order chi connectivity index (χ0) is 30.9. The molecule has 1 unspecified atom stereocenters. The van der Waals surface area contributed by atoms with Crippen LogP contribution in [0, 0.1) is 6.92 Å². The van der Waals surface area contributed by atoms with Gasteiger partial charge >= 0.3 is 0 Å². The fourth-order valence-corrected chi connectivity index (χ4v) is 9.53. The molecular weight excluding hydrogens is 605 g/mol. The molecule has 0 fully saturated rings. The summed E-state index contributed by atoms with van der Waals surface area (Å²) in [5.41, 5.74) is 15.7. The van der Waals surface area contributed by atoms with E-state index < -0.39 is 5.41 Å². The normalized spacial score (nSPS) is 19.8. The SMILES string of the molecule is C=C(CCCN1CCCc2cc3c(cc21)Cc1cc2c(cc1C31CC(=C)c3c(Cl)c(C)c(Cl)c(Cl)c31)CCCN2CC)NC. The molecule has 0 bridgehead atoms. The third-order valence-corrected chi connectivity index (χ3v) is 12.2. The molecule has 230 valence electrons. The van der Waals surface area contributed by atoms with Crippen molar-refractivity contribution in [2.75, 3.05) is 43.0 Å². The lowest BCUT2D eigenvalue weighted by atomic mass is 9.62. The Hall–Kier alpha value is -2.59. The summed E-state index contributed by atoms with van der Waals surface area (Å²) in [5, 5.41) is 5.07. The van der Waals surface area contributed by atoms with Gasteiger partial charge in [0.25, 0.3) is 0 Å². The minimum atomic E-state index is -0.473. The van der Waals surface area contributed by atoms with Crippen LogP contribution in [0.1, 0.15) is 89.1 Å². The van der Waals surface area contributed by atoms with Crippen LogP contribution in [0.4, 0.5) is 11.4 Å². The van der Waals surface area contributed by atoms with Crippen LogP contribution < -0.4 is 15.1 Å². The number of benzene rings is 3. The van der Waals surface area contributed by atoms with E-state index in [1.807, 2.05) is 14.0 Å². The number of hydrogen-bond acceptors (Lipinski definition) is 3. The van der Waals surface area contributed by atoms with Crippen LogP contribution in [0.3, 0.4) is 0 Å². The van der Waals surface area contributed by atoms with Gasteiger partial charge in [-0.2, -0.15) is 0 Å². The van der Waals surface area contributed by atoms with E-state index in [1.165, 1.54) is 51.2 Å². The Morgan fingerprint density at radius 3 is 2.11 bits per heavy atom. The molecule has 6 heteroatoms. The van der Waals surface area contributed by atoms with Crippen molar-refractivity contribution in [3.8, 4) is 0 Å². The maximum atomic E-state index is 7.33. The highest BCUT2D eigenvalue weighted by molar-refractivity contribution is 6.45. The maximum Gasteiger partial charge on any atom is 0.0646 e. The number of nitrogens with one attached hydrogen (secondary N) is 1. The molecule has 7 rings (SSSR count). The average molecular weight is 647 g/mol. The number of aryl methyl sites for hydroxylation is 2. The topological polar surface area (TPSA) is 18.5 Å². The highest BCUT2D eigenvalue weighted by Gasteiger charge is 2.51. The predicted octanol–water partition coefficient (Wildman–Crippen LogP) is 9.65. The van der Waals surface area contributed by atoms with Gasteiger partial charge in [-0.15, -0.1) is 0 Å². The Labute approximate surface area is 277 Å². The molecule has 1 spiro atoms. The highest BCUT2D eigenvalue weighted by atomic mass is 35.5. The number of hydrogen-bond donors (Lipinski definition) is 1. The third-order valence-electron chi connectivity index (χ3n) is 10.8. The molecule has 1 N–H and O–H groups in total. The van der Waals surface area contributed by atoms with E-state index in [1.54, 1.807) is 0 Å². The van der Waals surface area contributed by atoms with E-state index in [-0.39, 0.29) is 0 Å². The van der Waals surface area contributed by atoms with Crippen molar-refractivity contribution in [3.05, 3.63) is 108 Å². The molecule has 0 saturated heterocycles. The minimum absolute atomic E-state index is 0.473. The lowest BCUT2D eigenvalue weighted by Gasteiger charge is -2.43. The molecule has 3 aromatic carbocycles. The van der Waals surface area contributed by atoms with Gasteiger partial charge in [-0.3, -0.25) is 0 Å². The van der Waals surface area contributed by atoms with Gasteiger partial charge < -0.3 is 15.1 Å². The molecule has 3 aromatic rings. The summed E-state index contributed by atoms with van der Waals surface area (Å²) in [7, 11) is 1.96. The number of rotatable bonds is 6. The van der Waals surface area contributed by atoms with Crippen LogP contribution >= 0.6 is 34.8 Å². The second-order valence-corrected chi connectivity index (χ2v) is 14.3. The predicted molar refractivity (Wildman–Crippen MR) is 190 cm³/mol. The summed E-state index contributed by atoms with van der Waals surface area (Å²) in [5.74, 6) is 0. The van der Waals surface area contributed by atoms with Crippen LogP contribution in [-0.2, 0) is 24.7 Å². The first-order valence-electron chi connectivity index (χ1n) is 16.2. The lowest BCUT2D eigenvalue weighted by molar-refractivity contribution is 0.616. The molecule has 0 radical (unpaired) electrons. The number of nitrogens with zero attached hydrogens (tertiary/aromatic N) is 2. The lowest BCUT2D eigenvalue weighted by Crippen LogP contribution is -2.36. The van der Waals surface area contributed by atoms with Crippen LogP contribution in [-0.4, -0.2) is 33.2 Å². The summed E-state index contributed by atoms with van der Waals surface area (Å²) in [6.07, 6.45) is 8.24. The van der Waals surface area contributed by atoms with Gasteiger partial charge in [-0.05, 0) is 127 Å². The van der Waals surface area contributed by atoms with Crippen molar-refractivity contribution in [1.82, 2.24) is 5.32 Å². The molecule has 3 nitrogen and oxygen atoms in total. The molecular formula is C38H42Cl3N3. The van der Waals surface area contributed by atoms with Crippen molar-refractivity contribution in [1.29, 1.82) is 0 Å². The van der Waals surface area contributed by atoms with Gasteiger partial charge in [0.2, 0.25) is 0 Å². The quantitative estimate of drug-likeness (QED) is 0.269. The number of allylic oxidation sites excluding steroid dienone is 2. The largest absolute Gasteiger partial charge is 0.392 e. The van der Waals surface area contributed by atoms with E-state index in [0.29, 0.717) is 15.1 Å². The fraction of sp³-hybridized carbons (Fsp3) is 0.421. The van der Waals surface area contributed by atoms with E-state index in [0.717, 1.165) is 99.1 Å². The number of halogens is 3. The summed E-state index contributed by atoms with van der Waals surface area (Å²) >= 11 is 21.4. The molecule has 2 heterocycles. The highest BCUT2D eigenvalue weighted by Crippen LogP contribution is 2.62. The third kappa shape index (κ3) is 4.44. The second kappa shape index (κ2) is 11.3. The molecule has 0 saturated carbocycles. The average Bonchev–Trinajstić information content (AvgIpc) is 3.34. The van der Waals surface area contributed by atoms with Crippen molar-refractivity contribution in [2.45, 2.75) is 70.6 Å². The molecule has 2 aliphatic carbocycles. The minimum Gasteiger partial charge on any atom is -0.392 e. The Bertz CT molecular complexity index is 1720. The standard InChI is InChI=1S/C38H42Cl3N3/c1-6-43-13-8-11-25-17-29-27(19-31(25)43)16-28-20-32-26(12-9-15-44(32)14-7-10-23(3)42-5)18-30(28)38(29)21-22(2)33-34(38)37(41)36(40)24(4)35(33)39/h17-20,42H,2-3,6-16,21H2,1,4-5H3. The first kappa shape index (κ1) is 30.1. The van der Waals surface area contributed by atoms with Crippen molar-refractivity contribution < 1.29 is 0 Å². The van der Waals surface area contributed by atoms with Gasteiger partial charge in [0.1, 0.15) is 0 Å². The van der Waals surface area contributed by atoms with Gasteiger partial charge in [0.05, 0.1) is 20.5 Å². The number of anilines is 2. The maximum absolute atomic E-state index is 7.33. The van der Waals surface area contributed by atoms with Crippen LogP contribution in [0.2, 0.25) is 15.1 Å². The van der Waals surface area contributed by atoms with E-state index in [4.69, 9.17) is 34.8 Å². The Kier molecular flexibility index (Phi) is 7.75. The molecule has 4 aliphatic rings. The number of fused-ring (bicyclic) bond motifs is 8. The molecule has 44 heavy (non-hydrogen) atoms. The second-order valence-electron chi connectivity index (χ2n) is 13.2. The zero-order valence-corrected chi connectivity index (χ0v) is 28.5. The van der Waals surface area contributed by atoms with Crippen LogP contribution in [0.25, 0.3) is 5.57 Å². The molecule has 2 aliphatic heterocycles. The first-order valence-corrected chi connectivity index (χ1v) is 17.4. The molecule has 1 atom stereocenters. The summed E-state index contributed by atoms with van der Waals surface area (Å²) in [4.78, 5) is 5.14. The van der Waals surface area contributed by atoms with Crippen LogP contribution in [0.15, 0.2) is 43.1 Å². The Balaban J connectivity index is 1.46. The van der Waals surface area contributed by atoms with Crippen molar-refractivity contribution in [2.24, 2.45) is 0 Å². The van der Waals surface area contributed by atoms with Gasteiger partial charge in [0.15, 0.2) is 0 Å². The van der Waals surface area contributed by atoms with Gasteiger partial charge in [-0.1, -0.05) is 60.1 Å². The summed E-state index contributed by atoms with van der Waals surface area (Å²) < 4.78 is 0. The summed E-state index contributed by atoms with van der Waals surface area (Å²) in [6, 6.07) is 10.0. The van der Waals surface area contributed by atoms with Crippen LogP contribution in [0.5, 0.6) is 0 Å². The summed E-state index contributed by atoms with van der Waals surface area (Å²) in [6.45, 7) is 17.2. The van der Waals surface area contributed by atoms with E-state index in [2.05, 4.69) is 59.5 Å². The zero-order valence-electron chi connectivity index (χ0n) is 26.2. The molecule has 0 aromatic heterocycles. The van der Waals surface area contributed by atoms with Crippen molar-refractivity contribution >= 4 is 51.8 Å². The van der Waals surface area contributed by atoms with Crippen molar-refractivity contribution in [3.63, 3.8) is 0 Å². The van der Waals surface area contributed by atoms with Gasteiger partial charge in [-0.25, -0.2) is 0 Å². The Morgan fingerprint density at radius 1 is 0.886 bits per heavy atom. The van der Waals surface area contributed by atoms with E-state index >= 15 is 0 Å². The first-order chi connectivity index (χ1) is 21.2. The molecule has 0 amide bonds. The fourth-order valence-electron chi connectivity index (χ4n) is 8.58. The van der Waals surface area contributed by atoms with Gasteiger partial charge in [0, 0.05) is 55.9 Å².